The molecule has 0 unspecified atom stereocenters. The normalized spacial score (nSPS) is 13.8. The fraction of sp³-hybridized carbons (Fsp3) is 0.235. The number of benzene rings is 2. The maximum absolute atomic E-state index is 12.0. The molecule has 1 amide bonds. The summed E-state index contributed by atoms with van der Waals surface area (Å²) in [7, 11) is 0. The molecule has 0 atom stereocenters. The van der Waals surface area contributed by atoms with E-state index in [1.54, 1.807) is 0 Å². The van der Waals surface area contributed by atoms with Crippen molar-refractivity contribution in [3.63, 3.8) is 0 Å². The van der Waals surface area contributed by atoms with E-state index < -0.39 is 0 Å². The van der Waals surface area contributed by atoms with Gasteiger partial charge in [-0.3, -0.25) is 4.79 Å². The molecule has 2 N–H and O–H groups in total. The van der Waals surface area contributed by atoms with Gasteiger partial charge in [-0.2, -0.15) is 0 Å². The Kier molecular flexibility index (Phi) is 4.11. The van der Waals surface area contributed by atoms with E-state index in [0.29, 0.717) is 18.2 Å². The van der Waals surface area contributed by atoms with Gasteiger partial charge in [0.2, 0.25) is 0 Å². The highest BCUT2D eigenvalue weighted by molar-refractivity contribution is 6.30. The van der Waals surface area contributed by atoms with Crippen LogP contribution in [0.3, 0.4) is 0 Å². The van der Waals surface area contributed by atoms with E-state index in [4.69, 9.17) is 11.6 Å². The molecule has 0 bridgehead atoms. The Morgan fingerprint density at radius 2 is 1.90 bits per heavy atom. The lowest BCUT2D eigenvalue weighted by atomic mass is 10.1. The van der Waals surface area contributed by atoms with Gasteiger partial charge < -0.3 is 10.6 Å². The second-order valence-corrected chi connectivity index (χ2v) is 5.74. The van der Waals surface area contributed by atoms with Crippen molar-refractivity contribution < 1.29 is 4.79 Å². The predicted octanol–water partition coefficient (Wildman–Crippen LogP) is 3.84. The number of anilines is 1. The monoisotopic (exact) mass is 300 g/mol. The minimum Gasteiger partial charge on any atom is -0.381 e. The molecule has 0 radical (unpaired) electrons. The second kappa shape index (κ2) is 6.19. The summed E-state index contributed by atoms with van der Waals surface area (Å²) in [5, 5.41) is 7.05. The Morgan fingerprint density at radius 3 is 2.62 bits per heavy atom. The topological polar surface area (TPSA) is 41.1 Å². The van der Waals surface area contributed by atoms with E-state index in [0.717, 1.165) is 29.1 Å². The molecule has 0 spiro atoms. The van der Waals surface area contributed by atoms with Crippen LogP contribution in [0.15, 0.2) is 48.5 Å². The summed E-state index contributed by atoms with van der Waals surface area (Å²) < 4.78 is 0. The van der Waals surface area contributed by atoms with Crippen molar-refractivity contribution in [3.8, 4) is 0 Å². The summed E-state index contributed by atoms with van der Waals surface area (Å²) in [5.41, 5.74) is 2.78. The number of rotatable bonds is 5. The molecule has 3 rings (SSSR count). The number of nitrogens with one attached hydrogen (secondary N) is 2. The summed E-state index contributed by atoms with van der Waals surface area (Å²) in [6.45, 7) is 0.699. The van der Waals surface area contributed by atoms with Gasteiger partial charge in [0.15, 0.2) is 0 Å². The third-order valence-electron chi connectivity index (χ3n) is 3.45. The van der Waals surface area contributed by atoms with Gasteiger partial charge in [0.05, 0.1) is 0 Å². The number of amides is 1. The molecule has 0 heterocycles. The zero-order valence-corrected chi connectivity index (χ0v) is 12.4. The molecule has 1 aliphatic carbocycles. The molecule has 2 aromatic carbocycles. The summed E-state index contributed by atoms with van der Waals surface area (Å²) in [5.74, 6) is 0.00708. The first-order valence-corrected chi connectivity index (χ1v) is 7.48. The molecule has 108 valence electrons. The highest BCUT2D eigenvalue weighted by Gasteiger charge is 2.23. The minimum atomic E-state index is 0.00708. The van der Waals surface area contributed by atoms with Crippen LogP contribution in [0.5, 0.6) is 0 Å². The molecule has 0 aliphatic heterocycles. The van der Waals surface area contributed by atoms with Gasteiger partial charge in [-0.15, -0.1) is 0 Å². The summed E-state index contributed by atoms with van der Waals surface area (Å²) in [6.07, 6.45) is 2.19. The van der Waals surface area contributed by atoms with Gasteiger partial charge in [0.25, 0.3) is 5.91 Å². The van der Waals surface area contributed by atoms with Crippen LogP contribution >= 0.6 is 11.6 Å². The third kappa shape index (κ3) is 3.99. The first-order valence-electron chi connectivity index (χ1n) is 7.10. The number of carbonyl (C=O) groups excluding carboxylic acids is 1. The van der Waals surface area contributed by atoms with Crippen molar-refractivity contribution >= 4 is 23.2 Å². The highest BCUT2D eigenvalue weighted by Crippen LogP contribution is 2.20. The van der Waals surface area contributed by atoms with Crippen LogP contribution in [-0.4, -0.2) is 11.9 Å². The lowest BCUT2D eigenvalue weighted by Crippen LogP contribution is -2.25. The number of carbonyl (C=O) groups is 1. The van der Waals surface area contributed by atoms with Crippen LogP contribution in [0.4, 0.5) is 5.69 Å². The van der Waals surface area contributed by atoms with E-state index in [1.807, 2.05) is 48.5 Å². The van der Waals surface area contributed by atoms with Crippen molar-refractivity contribution in [1.82, 2.24) is 5.32 Å². The Hall–Kier alpha value is -2.00. The van der Waals surface area contributed by atoms with Gasteiger partial charge >= 0.3 is 0 Å². The Balaban J connectivity index is 1.62. The first-order chi connectivity index (χ1) is 10.2. The van der Waals surface area contributed by atoms with Gasteiger partial charge in [0.1, 0.15) is 0 Å². The smallest absolute Gasteiger partial charge is 0.251 e. The van der Waals surface area contributed by atoms with Gasteiger partial charge in [0, 0.05) is 28.9 Å². The largest absolute Gasteiger partial charge is 0.381 e. The maximum Gasteiger partial charge on any atom is 0.251 e. The van der Waals surface area contributed by atoms with Crippen LogP contribution in [0.25, 0.3) is 0 Å². The molecule has 1 aliphatic rings. The summed E-state index contributed by atoms with van der Waals surface area (Å²) in [6, 6.07) is 15.7. The van der Waals surface area contributed by atoms with E-state index >= 15 is 0 Å². The van der Waals surface area contributed by atoms with Crippen LogP contribution in [0, 0.1) is 0 Å². The van der Waals surface area contributed by atoms with Crippen LogP contribution in [0.1, 0.15) is 28.8 Å². The van der Waals surface area contributed by atoms with Crippen molar-refractivity contribution in [1.29, 1.82) is 0 Å². The Bertz CT molecular complexity index is 635. The van der Waals surface area contributed by atoms with Crippen molar-refractivity contribution in [3.05, 3.63) is 64.7 Å². The number of halogens is 1. The average molecular weight is 301 g/mol. The van der Waals surface area contributed by atoms with Gasteiger partial charge in [-0.05, 0) is 48.7 Å². The van der Waals surface area contributed by atoms with Crippen LogP contribution in [0.2, 0.25) is 5.02 Å². The van der Waals surface area contributed by atoms with Gasteiger partial charge in [-0.25, -0.2) is 0 Å². The number of hydrogen-bond acceptors (Lipinski definition) is 2. The zero-order valence-electron chi connectivity index (χ0n) is 11.6. The molecule has 2 aromatic rings. The first kappa shape index (κ1) is 14.0. The fourth-order valence-corrected chi connectivity index (χ4v) is 2.20. The quantitative estimate of drug-likeness (QED) is 0.881. The highest BCUT2D eigenvalue weighted by atomic mass is 35.5. The molecular weight excluding hydrogens is 284 g/mol. The van der Waals surface area contributed by atoms with Gasteiger partial charge in [-0.1, -0.05) is 29.8 Å². The molecule has 0 saturated heterocycles. The van der Waals surface area contributed by atoms with Crippen molar-refractivity contribution in [2.75, 3.05) is 5.32 Å². The van der Waals surface area contributed by atoms with Crippen molar-refractivity contribution in [2.24, 2.45) is 0 Å². The minimum absolute atomic E-state index is 0.00708. The van der Waals surface area contributed by atoms with E-state index in [9.17, 15) is 4.79 Å². The van der Waals surface area contributed by atoms with E-state index in [-0.39, 0.29) is 5.91 Å². The molecule has 4 heteroatoms. The zero-order chi connectivity index (χ0) is 14.7. The summed E-state index contributed by atoms with van der Waals surface area (Å²) in [4.78, 5) is 12.0. The van der Waals surface area contributed by atoms with Crippen molar-refractivity contribution in [2.45, 2.75) is 25.4 Å². The van der Waals surface area contributed by atoms with Crippen LogP contribution < -0.4 is 10.6 Å². The molecule has 21 heavy (non-hydrogen) atoms. The van der Waals surface area contributed by atoms with E-state index in [2.05, 4.69) is 10.6 Å². The number of hydrogen-bond donors (Lipinski definition) is 2. The average Bonchev–Trinajstić information content (AvgIpc) is 3.31. The lowest BCUT2D eigenvalue weighted by Gasteiger charge is -2.09. The SMILES string of the molecule is O=C(NC1CC1)c1cccc(NCc2ccc(Cl)cc2)c1. The molecule has 0 aromatic heterocycles. The maximum atomic E-state index is 12.0. The fourth-order valence-electron chi connectivity index (χ4n) is 2.07. The molecule has 3 nitrogen and oxygen atoms in total. The predicted molar refractivity (Wildman–Crippen MR) is 85.7 cm³/mol. The molecule has 1 fully saturated rings. The van der Waals surface area contributed by atoms with Crippen LogP contribution in [-0.2, 0) is 6.54 Å². The lowest BCUT2D eigenvalue weighted by molar-refractivity contribution is 0.0951. The Labute approximate surface area is 129 Å². The molecule has 1 saturated carbocycles. The summed E-state index contributed by atoms with van der Waals surface area (Å²) >= 11 is 5.87. The second-order valence-electron chi connectivity index (χ2n) is 5.31. The molecular formula is C17H17ClN2O. The Morgan fingerprint density at radius 1 is 1.14 bits per heavy atom. The third-order valence-corrected chi connectivity index (χ3v) is 3.70. The van der Waals surface area contributed by atoms with E-state index in [1.165, 1.54) is 0 Å². The standard InChI is InChI=1S/C17H17ClN2O/c18-14-6-4-12(5-7-14)11-19-16-3-1-2-13(10-16)17(21)20-15-8-9-15/h1-7,10,15,19H,8-9,11H2,(H,20,21).